The number of hydroxylamine groups is 1. The van der Waals surface area contributed by atoms with E-state index in [1.807, 2.05) is 13.8 Å². The Morgan fingerprint density at radius 2 is 2.28 bits per heavy atom. The van der Waals surface area contributed by atoms with Crippen LogP contribution in [0.25, 0.3) is 5.65 Å². The Labute approximate surface area is 175 Å². The van der Waals surface area contributed by atoms with Gasteiger partial charge in [0.15, 0.2) is 17.2 Å². The van der Waals surface area contributed by atoms with Crippen LogP contribution in [0.15, 0.2) is 35.6 Å². The average molecular weight is 422 g/mol. The maximum absolute atomic E-state index is 14.0. The van der Waals surface area contributed by atoms with Crippen molar-refractivity contribution in [2.24, 2.45) is 4.99 Å². The highest BCUT2D eigenvalue weighted by Gasteiger charge is 2.28. The van der Waals surface area contributed by atoms with Crippen molar-refractivity contribution in [1.82, 2.24) is 20.1 Å². The molecule has 1 aliphatic heterocycles. The summed E-state index contributed by atoms with van der Waals surface area (Å²) in [6.45, 7) is 5.33. The van der Waals surface area contributed by atoms with E-state index in [1.54, 1.807) is 29.9 Å². The van der Waals surface area contributed by atoms with Crippen LogP contribution in [-0.4, -0.2) is 33.2 Å². The molecule has 4 rings (SSSR count). The number of anilines is 1. The quantitative estimate of drug-likeness (QED) is 0.653. The topological polar surface area (TPSA) is 85.1 Å². The van der Waals surface area contributed by atoms with Gasteiger partial charge in [-0.1, -0.05) is 11.6 Å². The molecule has 10 heteroatoms. The molecule has 2 N–H and O–H groups in total. The van der Waals surface area contributed by atoms with Gasteiger partial charge in [0.25, 0.3) is 0 Å². The van der Waals surface area contributed by atoms with Crippen LogP contribution in [0.2, 0.25) is 5.02 Å². The second-order valence-electron chi connectivity index (χ2n) is 7.02. The minimum absolute atomic E-state index is 0.122. The normalized spacial score (nSPS) is 18.4. The molecule has 0 bridgehead atoms. The third-order valence-corrected chi connectivity index (χ3v) is 4.65. The zero-order valence-corrected chi connectivity index (χ0v) is 16.6. The Balaban J connectivity index is 1.67. The third-order valence-electron chi connectivity index (χ3n) is 4.37. The fraction of sp³-hybridized carbons (Fsp3) is 0.316. The lowest BCUT2D eigenvalue weighted by molar-refractivity contribution is -0.0269. The predicted molar refractivity (Wildman–Crippen MR) is 108 cm³/mol. The Morgan fingerprint density at radius 1 is 1.45 bits per heavy atom. The van der Waals surface area contributed by atoms with Crippen molar-refractivity contribution in [2.45, 2.75) is 32.5 Å². The van der Waals surface area contributed by atoms with Crippen molar-refractivity contribution in [3.63, 3.8) is 0 Å². The summed E-state index contributed by atoms with van der Waals surface area (Å²) in [5.74, 6) is 0.188. The summed E-state index contributed by atoms with van der Waals surface area (Å²) in [6, 6.07) is 3.26. The summed E-state index contributed by atoms with van der Waals surface area (Å²) in [4.78, 5) is 14.4. The first-order valence-electron chi connectivity index (χ1n) is 10.2. The summed E-state index contributed by atoms with van der Waals surface area (Å²) in [5.41, 5.74) is 3.43. The fourth-order valence-corrected chi connectivity index (χ4v) is 3.28. The summed E-state index contributed by atoms with van der Waals surface area (Å²) in [5, 5.41) is 7.25. The van der Waals surface area contributed by atoms with E-state index in [1.165, 1.54) is 6.07 Å². The molecule has 0 spiro atoms. The molecule has 3 aromatic rings. The molecule has 1 aliphatic rings. The number of aliphatic imine (C=N–C) groups is 1. The maximum atomic E-state index is 14.0. The first-order chi connectivity index (χ1) is 14.9. The van der Waals surface area contributed by atoms with Gasteiger partial charge in [0.2, 0.25) is 0 Å². The van der Waals surface area contributed by atoms with E-state index in [9.17, 15) is 4.39 Å². The van der Waals surface area contributed by atoms with Crippen LogP contribution in [0.5, 0.6) is 5.75 Å². The molecule has 152 valence electrons. The van der Waals surface area contributed by atoms with E-state index in [0.717, 1.165) is 6.07 Å². The molecule has 29 heavy (non-hydrogen) atoms. The molecule has 0 aliphatic carbocycles. The van der Waals surface area contributed by atoms with Gasteiger partial charge < -0.3 is 10.1 Å². The number of ether oxygens (including phenoxy) is 1. The second kappa shape index (κ2) is 7.16. The molecule has 1 aromatic carbocycles. The minimum Gasteiger partial charge on any atom is -0.495 e. The summed E-state index contributed by atoms with van der Waals surface area (Å²) in [7, 11) is -2.75. The molecular weight excluding hydrogens is 399 g/mol. The molecule has 0 saturated heterocycles. The molecule has 3 heterocycles. The number of hydrogen-bond acceptors (Lipinski definition) is 7. The van der Waals surface area contributed by atoms with Crippen LogP contribution >= 0.6 is 11.6 Å². The van der Waals surface area contributed by atoms with Gasteiger partial charge in [0, 0.05) is 11.8 Å². The van der Waals surface area contributed by atoms with Gasteiger partial charge in [-0.15, -0.1) is 0 Å². The highest BCUT2D eigenvalue weighted by Crippen LogP contribution is 2.35. The first-order valence-corrected chi connectivity index (χ1v) is 9.13. The third kappa shape index (κ3) is 3.70. The lowest BCUT2D eigenvalue weighted by atomic mass is 10.1. The van der Waals surface area contributed by atoms with Crippen LogP contribution in [-0.2, 0) is 4.84 Å². The summed E-state index contributed by atoms with van der Waals surface area (Å²) < 4.78 is 42.7. The van der Waals surface area contributed by atoms with Crippen molar-refractivity contribution in [3.05, 3.63) is 52.6 Å². The van der Waals surface area contributed by atoms with Crippen LogP contribution in [0, 0.1) is 5.82 Å². The van der Waals surface area contributed by atoms with Crippen molar-refractivity contribution < 1.29 is 18.1 Å². The van der Waals surface area contributed by atoms with Gasteiger partial charge >= 0.3 is 0 Å². The van der Waals surface area contributed by atoms with Gasteiger partial charge in [-0.3, -0.25) is 0 Å². The van der Waals surface area contributed by atoms with Gasteiger partial charge in [0.1, 0.15) is 17.4 Å². The molecule has 0 amide bonds. The lowest BCUT2D eigenvalue weighted by Crippen LogP contribution is -2.23. The van der Waals surface area contributed by atoms with Gasteiger partial charge in [-0.25, -0.2) is 29.2 Å². The van der Waals surface area contributed by atoms with Crippen molar-refractivity contribution in [1.29, 1.82) is 0 Å². The Kier molecular flexibility index (Phi) is 3.94. The highest BCUT2D eigenvalue weighted by atomic mass is 35.5. The number of amidine groups is 1. The number of benzene rings is 1. The zero-order valence-electron chi connectivity index (χ0n) is 18.8. The Bertz CT molecular complexity index is 1210. The van der Waals surface area contributed by atoms with Crippen molar-refractivity contribution >= 4 is 28.9 Å². The number of methoxy groups -OCH3 is 1. The minimum atomic E-state index is -2.75. The van der Waals surface area contributed by atoms with E-state index < -0.39 is 24.6 Å². The largest absolute Gasteiger partial charge is 0.495 e. The Hall–Kier alpha value is -2.91. The zero-order chi connectivity index (χ0) is 23.3. The SMILES string of the molecule is [2H]C([2H])([2H])Oc1c(Cl)cc(F)cc1[C@@H](C)Nc1ccn2ncc(C3=NC(C)(C)ON3)c2n1. The van der Waals surface area contributed by atoms with Gasteiger partial charge in [-0.05, 0) is 39.0 Å². The number of rotatable bonds is 5. The molecule has 1 atom stereocenters. The Morgan fingerprint density at radius 3 is 3.00 bits per heavy atom. The van der Waals surface area contributed by atoms with E-state index in [0.29, 0.717) is 22.9 Å². The number of halogens is 2. The van der Waals surface area contributed by atoms with Gasteiger partial charge in [-0.2, -0.15) is 5.10 Å². The summed E-state index contributed by atoms with van der Waals surface area (Å²) in [6.07, 6.45) is 3.31. The molecule has 0 fully saturated rings. The van der Waals surface area contributed by atoms with Crippen LogP contribution < -0.4 is 15.5 Å². The first kappa shape index (κ1) is 15.9. The number of aromatic nitrogens is 3. The number of nitrogens with one attached hydrogen (secondary N) is 2. The monoisotopic (exact) mass is 421 g/mol. The number of fused-ring (bicyclic) bond motifs is 1. The summed E-state index contributed by atoms with van der Waals surface area (Å²) >= 11 is 6.07. The fourth-order valence-electron chi connectivity index (χ4n) is 3.03. The molecular formula is C19H20ClFN6O2. The van der Waals surface area contributed by atoms with E-state index in [-0.39, 0.29) is 16.3 Å². The van der Waals surface area contributed by atoms with E-state index >= 15 is 0 Å². The molecule has 2 aromatic heterocycles. The number of hydrogen-bond donors (Lipinski definition) is 2. The van der Waals surface area contributed by atoms with Crippen molar-refractivity contribution in [3.8, 4) is 5.75 Å². The molecule has 0 radical (unpaired) electrons. The predicted octanol–water partition coefficient (Wildman–Crippen LogP) is 3.72. The molecule has 0 saturated carbocycles. The van der Waals surface area contributed by atoms with E-state index in [4.69, 9.17) is 25.3 Å². The van der Waals surface area contributed by atoms with Crippen LogP contribution in [0.3, 0.4) is 0 Å². The maximum Gasteiger partial charge on any atom is 0.182 e. The standard InChI is InChI=1S/C19H20ClFN6O2/c1-10(12-7-11(21)8-14(20)16(12)28-4)23-15-5-6-27-18(24-15)13(9-22-27)17-25-19(2,3)29-26-17/h5-10H,1-4H3,(H,23,24)(H,25,26)/t10-/m1/s1/i4D3. The second-order valence-corrected chi connectivity index (χ2v) is 7.43. The van der Waals surface area contributed by atoms with Crippen molar-refractivity contribution in [2.75, 3.05) is 12.4 Å². The highest BCUT2D eigenvalue weighted by molar-refractivity contribution is 6.32. The molecule has 8 nitrogen and oxygen atoms in total. The number of nitrogens with zero attached hydrogens (tertiary/aromatic N) is 4. The smallest absolute Gasteiger partial charge is 0.182 e. The van der Waals surface area contributed by atoms with Crippen LogP contribution in [0.4, 0.5) is 10.2 Å². The lowest BCUT2D eigenvalue weighted by Gasteiger charge is -2.19. The van der Waals surface area contributed by atoms with E-state index in [2.05, 4.69) is 25.9 Å². The van der Waals surface area contributed by atoms with Gasteiger partial charge in [0.05, 0.1) is 34.0 Å². The average Bonchev–Trinajstić information content (AvgIpc) is 3.25. The molecule has 0 unspecified atom stereocenters. The van der Waals surface area contributed by atoms with Crippen LogP contribution in [0.1, 0.15) is 42.1 Å².